The van der Waals surface area contributed by atoms with Gasteiger partial charge >= 0.3 is 11.4 Å². The minimum atomic E-state index is -1.38. The molecular formula is C19H26BrN5O11. The summed E-state index contributed by atoms with van der Waals surface area (Å²) < 4.78 is 12.5. The molecule has 16 nitrogen and oxygen atoms in total. The van der Waals surface area contributed by atoms with Crippen molar-refractivity contribution in [1.82, 2.24) is 19.1 Å². The first-order valence-corrected chi connectivity index (χ1v) is 11.3. The van der Waals surface area contributed by atoms with Gasteiger partial charge in [-0.25, -0.2) is 9.59 Å². The number of H-pyrrole nitrogens is 1. The Morgan fingerprint density at radius 1 is 0.944 bits per heavy atom. The zero-order chi connectivity index (χ0) is 26.9. The molecule has 0 aliphatic carbocycles. The van der Waals surface area contributed by atoms with Gasteiger partial charge < -0.3 is 45.8 Å². The quantitative estimate of drug-likeness (QED) is 0.170. The van der Waals surface area contributed by atoms with Gasteiger partial charge in [0.25, 0.3) is 5.56 Å². The number of nitrogens with zero attached hydrogens (tertiary/aromatic N) is 3. The molecule has 0 radical (unpaired) electrons. The Labute approximate surface area is 209 Å². The van der Waals surface area contributed by atoms with Gasteiger partial charge in [0.05, 0.1) is 17.7 Å². The van der Waals surface area contributed by atoms with Crippen LogP contribution in [0.15, 0.2) is 31.3 Å². The van der Waals surface area contributed by atoms with Crippen LogP contribution in [0.3, 0.4) is 0 Å². The molecule has 0 amide bonds. The van der Waals surface area contributed by atoms with Gasteiger partial charge in [-0.3, -0.25) is 18.9 Å². The number of hydrogen-bond donors (Lipinski definition) is 8. The third-order valence-electron chi connectivity index (χ3n) is 5.68. The van der Waals surface area contributed by atoms with E-state index in [1.165, 1.54) is 6.20 Å². The lowest BCUT2D eigenvalue weighted by molar-refractivity contribution is -0.0551. The van der Waals surface area contributed by atoms with Crippen LogP contribution in [-0.2, 0) is 9.47 Å². The number of aryl methyl sites for hydroxylation is 1. The Kier molecular flexibility index (Phi) is 8.80. The van der Waals surface area contributed by atoms with E-state index in [1.807, 2.05) is 4.98 Å². The summed E-state index contributed by atoms with van der Waals surface area (Å²) >= 11 is 2.94. The molecule has 2 aromatic rings. The molecule has 2 aliphatic heterocycles. The second-order valence-corrected chi connectivity index (χ2v) is 8.95. The number of nitrogens with one attached hydrogen (secondary N) is 1. The van der Waals surface area contributed by atoms with Crippen LogP contribution in [0.4, 0.5) is 5.82 Å². The molecule has 17 heteroatoms. The number of aliphatic hydroxyl groups excluding tert-OH is 6. The molecule has 2 fully saturated rings. The van der Waals surface area contributed by atoms with Crippen LogP contribution in [-0.4, -0.2) is 99.6 Å². The maximum absolute atomic E-state index is 11.7. The van der Waals surface area contributed by atoms with E-state index in [9.17, 15) is 34.8 Å². The van der Waals surface area contributed by atoms with Crippen molar-refractivity contribution in [3.05, 3.63) is 53.8 Å². The standard InChI is InChI=1S/C10H15N3O5.C9H11BrN2O6/c1-4-2-13(10(17)12-8(4)11)9-7(16)6(15)5(3-14)18-9;10-3-1-12(9(17)11-7(3)16)8-6(15)5(14)4(2-13)18-8/h2,5-7,9,14-16H,3H2,1H3,(H2,11,12,17);1,4-6,8,13-15H,2H2,(H,11,16,17)/t5-,6-,7-,9-;4-,5-,6-,8-/m11/s1. The summed E-state index contributed by atoms with van der Waals surface area (Å²) in [5, 5.41) is 56.6. The molecule has 0 unspecified atom stereocenters. The molecule has 0 aromatic carbocycles. The fourth-order valence-corrected chi connectivity index (χ4v) is 3.95. The highest BCUT2D eigenvalue weighted by Crippen LogP contribution is 2.29. The van der Waals surface area contributed by atoms with E-state index >= 15 is 0 Å². The normalized spacial score (nSPS) is 31.8. The second kappa shape index (κ2) is 11.3. The Morgan fingerprint density at radius 3 is 1.92 bits per heavy atom. The van der Waals surface area contributed by atoms with E-state index in [-0.39, 0.29) is 10.3 Å². The first kappa shape index (κ1) is 28.1. The van der Waals surface area contributed by atoms with Crippen molar-refractivity contribution in [3.63, 3.8) is 0 Å². The van der Waals surface area contributed by atoms with Crippen LogP contribution in [0, 0.1) is 6.92 Å². The largest absolute Gasteiger partial charge is 0.394 e. The number of halogens is 1. The smallest absolute Gasteiger partial charge is 0.351 e. The first-order valence-electron chi connectivity index (χ1n) is 10.5. The Morgan fingerprint density at radius 2 is 1.44 bits per heavy atom. The second-order valence-electron chi connectivity index (χ2n) is 8.10. The molecule has 9 N–H and O–H groups in total. The van der Waals surface area contributed by atoms with Gasteiger partial charge in [0.2, 0.25) is 0 Å². The van der Waals surface area contributed by atoms with Crippen molar-refractivity contribution in [2.24, 2.45) is 0 Å². The number of aliphatic hydroxyl groups is 6. The molecule has 0 bridgehead atoms. The Bertz CT molecular complexity index is 1250. The summed E-state index contributed by atoms with van der Waals surface area (Å²) in [4.78, 5) is 40.0. The maximum Gasteiger partial charge on any atom is 0.351 e. The fraction of sp³-hybridized carbons (Fsp3) is 0.579. The Balaban J connectivity index is 0.000000201. The average molecular weight is 580 g/mol. The molecule has 36 heavy (non-hydrogen) atoms. The van der Waals surface area contributed by atoms with Gasteiger partial charge in [-0.05, 0) is 22.9 Å². The molecule has 0 spiro atoms. The number of aromatic amines is 1. The van der Waals surface area contributed by atoms with Crippen molar-refractivity contribution < 1.29 is 40.1 Å². The molecule has 8 atom stereocenters. The summed E-state index contributed by atoms with van der Waals surface area (Å²) in [6, 6.07) is 0. The number of hydrogen-bond acceptors (Lipinski definition) is 13. The lowest BCUT2D eigenvalue weighted by Gasteiger charge is -2.17. The average Bonchev–Trinajstić information content (AvgIpc) is 3.29. The lowest BCUT2D eigenvalue weighted by Crippen LogP contribution is -2.38. The number of ether oxygens (including phenoxy) is 2. The van der Waals surface area contributed by atoms with Crippen molar-refractivity contribution in [2.75, 3.05) is 18.9 Å². The third-order valence-corrected chi connectivity index (χ3v) is 6.25. The highest BCUT2D eigenvalue weighted by atomic mass is 79.9. The number of rotatable bonds is 4. The van der Waals surface area contributed by atoms with Crippen LogP contribution in [0.2, 0.25) is 0 Å². The molecule has 0 saturated carbocycles. The van der Waals surface area contributed by atoms with Gasteiger partial charge in [0.15, 0.2) is 12.5 Å². The van der Waals surface area contributed by atoms with E-state index in [2.05, 4.69) is 20.9 Å². The minimum absolute atomic E-state index is 0.0832. The number of aromatic nitrogens is 4. The summed E-state index contributed by atoms with van der Waals surface area (Å²) in [5.74, 6) is 0.1000. The van der Waals surface area contributed by atoms with Gasteiger partial charge in [0, 0.05) is 18.0 Å². The van der Waals surface area contributed by atoms with E-state index in [1.54, 1.807) is 6.92 Å². The topological polar surface area (TPSA) is 256 Å². The lowest BCUT2D eigenvalue weighted by atomic mass is 10.1. The number of nitrogen functional groups attached to an aromatic ring is 1. The van der Waals surface area contributed by atoms with E-state index in [4.69, 9.17) is 25.4 Å². The molecule has 4 rings (SSSR count). The van der Waals surface area contributed by atoms with Gasteiger partial charge in [-0.2, -0.15) is 4.98 Å². The van der Waals surface area contributed by atoms with Crippen molar-refractivity contribution >= 4 is 21.7 Å². The number of anilines is 1. The maximum atomic E-state index is 11.7. The summed E-state index contributed by atoms with van der Waals surface area (Å²) in [6.45, 7) is 0.707. The van der Waals surface area contributed by atoms with E-state index in [0.717, 1.165) is 15.3 Å². The summed E-state index contributed by atoms with van der Waals surface area (Å²) in [6.07, 6.45) is -6.89. The molecule has 2 aromatic heterocycles. The number of nitrogens with two attached hydrogens (primary N) is 1. The predicted octanol–water partition coefficient (Wildman–Crippen LogP) is -4.34. The van der Waals surface area contributed by atoms with Crippen LogP contribution in [0.25, 0.3) is 0 Å². The van der Waals surface area contributed by atoms with E-state index < -0.39 is 79.2 Å². The van der Waals surface area contributed by atoms with Crippen LogP contribution in [0.1, 0.15) is 18.0 Å². The molecule has 2 saturated heterocycles. The van der Waals surface area contributed by atoms with Crippen LogP contribution in [0.5, 0.6) is 0 Å². The van der Waals surface area contributed by atoms with Gasteiger partial charge in [-0.15, -0.1) is 0 Å². The van der Waals surface area contributed by atoms with Crippen molar-refractivity contribution in [3.8, 4) is 0 Å². The predicted molar refractivity (Wildman–Crippen MR) is 123 cm³/mol. The highest BCUT2D eigenvalue weighted by Gasteiger charge is 2.44. The van der Waals surface area contributed by atoms with Crippen LogP contribution < -0.4 is 22.7 Å². The van der Waals surface area contributed by atoms with Gasteiger partial charge in [0.1, 0.15) is 42.4 Å². The van der Waals surface area contributed by atoms with Crippen LogP contribution >= 0.6 is 15.9 Å². The Hall–Kier alpha value is -2.48. The molecule has 4 heterocycles. The zero-order valence-corrected chi connectivity index (χ0v) is 20.3. The highest BCUT2D eigenvalue weighted by molar-refractivity contribution is 9.10. The van der Waals surface area contributed by atoms with E-state index in [0.29, 0.717) is 5.56 Å². The monoisotopic (exact) mass is 579 g/mol. The minimum Gasteiger partial charge on any atom is -0.394 e. The van der Waals surface area contributed by atoms with Crippen molar-refractivity contribution in [1.29, 1.82) is 0 Å². The summed E-state index contributed by atoms with van der Waals surface area (Å²) in [5.41, 5.74) is 3.96. The fourth-order valence-electron chi connectivity index (χ4n) is 3.63. The van der Waals surface area contributed by atoms with Crippen molar-refractivity contribution in [2.45, 2.75) is 56.0 Å². The third kappa shape index (κ3) is 5.43. The molecular weight excluding hydrogens is 554 g/mol. The first-order chi connectivity index (χ1) is 16.9. The van der Waals surface area contributed by atoms with Gasteiger partial charge in [-0.1, -0.05) is 0 Å². The molecule has 2 aliphatic rings. The SMILES string of the molecule is Cc1cn([C@@H]2O[C@H](CO)[C@@H](O)[C@H]2O)c(=O)nc1N.O=c1[nH]c(=O)n([C@@H]2O[C@H](CO)[C@@H](O)[C@H]2O)cc1Br. The zero-order valence-electron chi connectivity index (χ0n) is 18.7. The summed E-state index contributed by atoms with van der Waals surface area (Å²) in [7, 11) is 0. The molecule has 200 valence electrons.